The Kier molecular flexibility index (Phi) is 4.45. The van der Waals surface area contributed by atoms with Crippen molar-refractivity contribution >= 4 is 0 Å². The molecule has 2 aliphatic rings. The highest BCUT2D eigenvalue weighted by atomic mass is 16.5. The molecular formula is C14H28N2O. The SMILES string of the molecule is CCC1CC(CN)(NCC(C)C2CC2)CCO1. The van der Waals surface area contributed by atoms with Crippen molar-refractivity contribution in [2.24, 2.45) is 17.6 Å². The summed E-state index contributed by atoms with van der Waals surface area (Å²) in [5.41, 5.74) is 6.16. The van der Waals surface area contributed by atoms with Crippen molar-refractivity contribution in [2.75, 3.05) is 19.7 Å². The van der Waals surface area contributed by atoms with Gasteiger partial charge in [-0.25, -0.2) is 0 Å². The molecule has 3 atom stereocenters. The molecule has 2 rings (SSSR count). The van der Waals surface area contributed by atoms with E-state index in [0.29, 0.717) is 6.10 Å². The summed E-state index contributed by atoms with van der Waals surface area (Å²) in [6, 6.07) is 0. The van der Waals surface area contributed by atoms with Gasteiger partial charge >= 0.3 is 0 Å². The largest absolute Gasteiger partial charge is 0.378 e. The van der Waals surface area contributed by atoms with Crippen LogP contribution in [0.5, 0.6) is 0 Å². The quantitative estimate of drug-likeness (QED) is 0.745. The Morgan fingerprint density at radius 3 is 2.82 bits per heavy atom. The average Bonchev–Trinajstić information content (AvgIpc) is 3.20. The van der Waals surface area contributed by atoms with Crippen molar-refractivity contribution in [2.45, 2.75) is 57.6 Å². The van der Waals surface area contributed by atoms with Crippen LogP contribution in [0.4, 0.5) is 0 Å². The fourth-order valence-electron chi connectivity index (χ4n) is 2.91. The molecule has 1 aliphatic heterocycles. The lowest BCUT2D eigenvalue weighted by Crippen LogP contribution is -2.57. The third kappa shape index (κ3) is 3.43. The lowest BCUT2D eigenvalue weighted by Gasteiger charge is -2.41. The van der Waals surface area contributed by atoms with E-state index in [0.717, 1.165) is 50.8 Å². The number of rotatable bonds is 6. The lowest BCUT2D eigenvalue weighted by molar-refractivity contribution is -0.0288. The van der Waals surface area contributed by atoms with E-state index in [1.54, 1.807) is 0 Å². The monoisotopic (exact) mass is 240 g/mol. The number of ether oxygens (including phenoxy) is 1. The van der Waals surface area contributed by atoms with Gasteiger partial charge in [-0.15, -0.1) is 0 Å². The molecule has 3 heteroatoms. The second kappa shape index (κ2) is 5.68. The van der Waals surface area contributed by atoms with Crippen molar-refractivity contribution in [3.8, 4) is 0 Å². The maximum absolute atomic E-state index is 6.02. The maximum atomic E-state index is 6.02. The Morgan fingerprint density at radius 2 is 2.24 bits per heavy atom. The van der Waals surface area contributed by atoms with E-state index in [1.165, 1.54) is 12.8 Å². The Morgan fingerprint density at radius 1 is 1.47 bits per heavy atom. The molecule has 1 saturated heterocycles. The lowest BCUT2D eigenvalue weighted by atomic mass is 9.85. The van der Waals surface area contributed by atoms with Crippen molar-refractivity contribution < 1.29 is 4.74 Å². The Balaban J connectivity index is 1.84. The standard InChI is InChI=1S/C14H28N2O/c1-3-13-8-14(10-15,6-7-17-13)16-9-11(2)12-4-5-12/h11-13,16H,3-10,15H2,1-2H3. The van der Waals surface area contributed by atoms with Gasteiger partial charge in [0.1, 0.15) is 0 Å². The van der Waals surface area contributed by atoms with Gasteiger partial charge in [-0.3, -0.25) is 0 Å². The van der Waals surface area contributed by atoms with Gasteiger partial charge in [0.15, 0.2) is 0 Å². The fraction of sp³-hybridized carbons (Fsp3) is 1.00. The third-order valence-electron chi connectivity index (χ3n) is 4.62. The van der Waals surface area contributed by atoms with E-state index in [4.69, 9.17) is 10.5 Å². The van der Waals surface area contributed by atoms with Crippen LogP contribution in [0.1, 0.15) is 46.0 Å². The summed E-state index contributed by atoms with van der Waals surface area (Å²) in [5.74, 6) is 1.78. The highest BCUT2D eigenvalue weighted by Gasteiger charge is 2.36. The van der Waals surface area contributed by atoms with E-state index in [-0.39, 0.29) is 5.54 Å². The molecule has 1 heterocycles. The van der Waals surface area contributed by atoms with Crippen molar-refractivity contribution in [3.63, 3.8) is 0 Å². The van der Waals surface area contributed by atoms with Gasteiger partial charge in [0.25, 0.3) is 0 Å². The summed E-state index contributed by atoms with van der Waals surface area (Å²) in [6.45, 7) is 7.29. The molecule has 2 fully saturated rings. The zero-order valence-corrected chi connectivity index (χ0v) is 11.4. The van der Waals surface area contributed by atoms with Crippen LogP contribution < -0.4 is 11.1 Å². The van der Waals surface area contributed by atoms with E-state index >= 15 is 0 Å². The van der Waals surface area contributed by atoms with Crippen LogP contribution in [0, 0.1) is 11.8 Å². The van der Waals surface area contributed by atoms with Gasteiger partial charge in [0, 0.05) is 18.7 Å². The summed E-state index contributed by atoms with van der Waals surface area (Å²) in [5, 5.41) is 3.77. The van der Waals surface area contributed by atoms with Gasteiger partial charge in [-0.05, 0) is 50.5 Å². The molecule has 0 bridgehead atoms. The first-order valence-corrected chi connectivity index (χ1v) is 7.26. The summed E-state index contributed by atoms with van der Waals surface area (Å²) in [6.07, 6.45) is 6.50. The molecule has 0 aromatic rings. The number of nitrogens with one attached hydrogen (secondary N) is 1. The highest BCUT2D eigenvalue weighted by Crippen LogP contribution is 2.36. The number of nitrogens with two attached hydrogens (primary N) is 1. The molecule has 3 unspecified atom stereocenters. The topological polar surface area (TPSA) is 47.3 Å². The molecule has 1 saturated carbocycles. The summed E-state index contributed by atoms with van der Waals surface area (Å²) < 4.78 is 5.76. The number of hydrogen-bond acceptors (Lipinski definition) is 3. The van der Waals surface area contributed by atoms with Crippen LogP contribution in [0.3, 0.4) is 0 Å². The summed E-state index contributed by atoms with van der Waals surface area (Å²) >= 11 is 0. The predicted octanol–water partition coefficient (Wildman–Crippen LogP) is 1.91. The molecule has 100 valence electrons. The molecule has 3 nitrogen and oxygen atoms in total. The average molecular weight is 240 g/mol. The minimum Gasteiger partial charge on any atom is -0.378 e. The smallest absolute Gasteiger partial charge is 0.0590 e. The number of hydrogen-bond donors (Lipinski definition) is 2. The Bertz CT molecular complexity index is 242. The minimum absolute atomic E-state index is 0.141. The first kappa shape index (κ1) is 13.3. The first-order chi connectivity index (χ1) is 8.19. The maximum Gasteiger partial charge on any atom is 0.0590 e. The van der Waals surface area contributed by atoms with Crippen molar-refractivity contribution in [1.29, 1.82) is 0 Å². The normalized spacial score (nSPS) is 35.8. The van der Waals surface area contributed by atoms with Crippen LogP contribution in [0.2, 0.25) is 0 Å². The molecule has 0 radical (unpaired) electrons. The van der Waals surface area contributed by atoms with Gasteiger partial charge in [-0.1, -0.05) is 13.8 Å². The summed E-state index contributed by atoms with van der Waals surface area (Å²) in [7, 11) is 0. The summed E-state index contributed by atoms with van der Waals surface area (Å²) in [4.78, 5) is 0. The second-order valence-electron chi connectivity index (χ2n) is 6.04. The third-order valence-corrected chi connectivity index (χ3v) is 4.62. The van der Waals surface area contributed by atoms with E-state index in [1.807, 2.05) is 0 Å². The zero-order chi connectivity index (χ0) is 12.3. The van der Waals surface area contributed by atoms with Crippen LogP contribution in [0.15, 0.2) is 0 Å². The van der Waals surface area contributed by atoms with Crippen molar-refractivity contribution in [3.05, 3.63) is 0 Å². The molecule has 0 aromatic heterocycles. The van der Waals surface area contributed by atoms with Crippen LogP contribution in [-0.2, 0) is 4.74 Å². The molecule has 3 N–H and O–H groups in total. The van der Waals surface area contributed by atoms with Gasteiger partial charge in [-0.2, -0.15) is 0 Å². The van der Waals surface area contributed by atoms with Gasteiger partial charge in [0.2, 0.25) is 0 Å². The van der Waals surface area contributed by atoms with Gasteiger partial charge in [0.05, 0.1) is 6.10 Å². The molecule has 0 amide bonds. The van der Waals surface area contributed by atoms with Gasteiger partial charge < -0.3 is 15.8 Å². The van der Waals surface area contributed by atoms with Crippen LogP contribution in [0.25, 0.3) is 0 Å². The highest BCUT2D eigenvalue weighted by molar-refractivity contribution is 4.95. The Labute approximate surface area is 105 Å². The molecular weight excluding hydrogens is 212 g/mol. The van der Waals surface area contributed by atoms with Crippen LogP contribution in [-0.4, -0.2) is 31.3 Å². The zero-order valence-electron chi connectivity index (χ0n) is 11.4. The predicted molar refractivity (Wildman–Crippen MR) is 70.9 cm³/mol. The molecule has 1 aliphatic carbocycles. The van der Waals surface area contributed by atoms with E-state index in [9.17, 15) is 0 Å². The molecule has 0 aromatic carbocycles. The van der Waals surface area contributed by atoms with E-state index in [2.05, 4.69) is 19.2 Å². The first-order valence-electron chi connectivity index (χ1n) is 7.26. The van der Waals surface area contributed by atoms with E-state index < -0.39 is 0 Å². The molecule has 0 spiro atoms. The minimum atomic E-state index is 0.141. The molecule has 17 heavy (non-hydrogen) atoms. The van der Waals surface area contributed by atoms with Crippen LogP contribution >= 0.6 is 0 Å². The Hall–Kier alpha value is -0.120. The van der Waals surface area contributed by atoms with Crippen molar-refractivity contribution in [1.82, 2.24) is 5.32 Å². The fourth-order valence-corrected chi connectivity index (χ4v) is 2.91. The second-order valence-corrected chi connectivity index (χ2v) is 6.04.